The summed E-state index contributed by atoms with van der Waals surface area (Å²) in [5.74, 6) is 0.382. The molecule has 1 aliphatic heterocycles. The number of alkyl halides is 2. The van der Waals surface area contributed by atoms with Crippen LogP contribution in [0.3, 0.4) is 0 Å². The van der Waals surface area contributed by atoms with Gasteiger partial charge in [0.2, 0.25) is 11.7 Å². The van der Waals surface area contributed by atoms with Crippen LogP contribution in [0.5, 0.6) is 0 Å². The number of hydrogen-bond donors (Lipinski definition) is 1. The molecule has 2 unspecified atom stereocenters. The van der Waals surface area contributed by atoms with Crippen LogP contribution in [-0.4, -0.2) is 34.4 Å². The number of aromatic nitrogens is 2. The molecule has 0 amide bonds. The van der Waals surface area contributed by atoms with Crippen molar-refractivity contribution in [2.24, 2.45) is 0 Å². The summed E-state index contributed by atoms with van der Waals surface area (Å²) in [6, 6.07) is 0. The highest BCUT2D eigenvalue weighted by Crippen LogP contribution is 2.26. The predicted octanol–water partition coefficient (Wildman–Crippen LogP) is 1.09. The van der Waals surface area contributed by atoms with Crippen LogP contribution < -0.4 is 0 Å². The van der Waals surface area contributed by atoms with E-state index in [0.29, 0.717) is 12.4 Å². The molecule has 16 heavy (non-hydrogen) atoms. The van der Waals surface area contributed by atoms with E-state index in [0.717, 1.165) is 12.8 Å². The lowest BCUT2D eigenvalue weighted by molar-refractivity contribution is -0.00754. The lowest BCUT2D eigenvalue weighted by atomic mass is 10.2. The van der Waals surface area contributed by atoms with Crippen molar-refractivity contribution in [2.45, 2.75) is 37.9 Å². The first kappa shape index (κ1) is 11.4. The number of nitrogens with zero attached hydrogens (tertiary/aromatic N) is 2. The zero-order valence-corrected chi connectivity index (χ0v) is 8.47. The zero-order chi connectivity index (χ0) is 11.5. The molecule has 2 heterocycles. The van der Waals surface area contributed by atoms with Crippen LogP contribution in [-0.2, 0) is 11.2 Å². The third-order valence-electron chi connectivity index (χ3n) is 2.38. The fourth-order valence-corrected chi connectivity index (χ4v) is 1.53. The maximum atomic E-state index is 12.1. The van der Waals surface area contributed by atoms with E-state index in [-0.39, 0.29) is 18.4 Å². The fourth-order valence-electron chi connectivity index (χ4n) is 1.53. The molecule has 1 aromatic rings. The molecule has 2 atom stereocenters. The van der Waals surface area contributed by atoms with Crippen LogP contribution in [0.15, 0.2) is 4.52 Å². The Morgan fingerprint density at radius 1 is 1.50 bits per heavy atom. The van der Waals surface area contributed by atoms with Gasteiger partial charge in [-0.1, -0.05) is 5.16 Å². The maximum absolute atomic E-state index is 12.1. The molecule has 0 aromatic carbocycles. The van der Waals surface area contributed by atoms with E-state index in [1.807, 2.05) is 0 Å². The number of aliphatic hydroxyl groups excluding tert-OH is 1. The van der Waals surface area contributed by atoms with Gasteiger partial charge in [-0.3, -0.25) is 0 Å². The molecule has 2 rings (SSSR count). The molecule has 0 radical (unpaired) electrons. The molecular weight excluding hydrogens is 222 g/mol. The SMILES string of the molecule is OC(Cc1nc(C2CCCO2)no1)C(F)F. The third-order valence-corrected chi connectivity index (χ3v) is 2.38. The lowest BCUT2D eigenvalue weighted by Gasteiger charge is -2.04. The topological polar surface area (TPSA) is 68.4 Å². The van der Waals surface area contributed by atoms with Gasteiger partial charge in [-0.15, -0.1) is 0 Å². The quantitative estimate of drug-likeness (QED) is 0.844. The molecule has 0 spiro atoms. The largest absolute Gasteiger partial charge is 0.387 e. The highest BCUT2D eigenvalue weighted by atomic mass is 19.3. The minimum atomic E-state index is -2.81. The molecule has 7 heteroatoms. The van der Waals surface area contributed by atoms with Gasteiger partial charge in [0.05, 0.1) is 6.42 Å². The first-order valence-corrected chi connectivity index (χ1v) is 5.07. The standard InChI is InChI=1S/C9H12F2N2O3/c10-8(11)5(14)4-7-12-9(13-16-7)6-2-1-3-15-6/h5-6,8,14H,1-4H2. The smallest absolute Gasteiger partial charge is 0.264 e. The van der Waals surface area contributed by atoms with Crippen molar-refractivity contribution < 1.29 is 23.1 Å². The van der Waals surface area contributed by atoms with E-state index in [1.165, 1.54) is 0 Å². The summed E-state index contributed by atoms with van der Waals surface area (Å²) >= 11 is 0. The monoisotopic (exact) mass is 234 g/mol. The Morgan fingerprint density at radius 2 is 2.31 bits per heavy atom. The first-order chi connectivity index (χ1) is 7.66. The van der Waals surface area contributed by atoms with Gasteiger partial charge < -0.3 is 14.4 Å². The number of ether oxygens (including phenoxy) is 1. The molecule has 0 saturated carbocycles. The van der Waals surface area contributed by atoms with E-state index in [2.05, 4.69) is 10.1 Å². The predicted molar refractivity (Wildman–Crippen MR) is 47.9 cm³/mol. The minimum absolute atomic E-state index is 0.0123. The van der Waals surface area contributed by atoms with Gasteiger partial charge >= 0.3 is 0 Å². The molecule has 1 aliphatic rings. The van der Waals surface area contributed by atoms with Crippen molar-refractivity contribution in [3.63, 3.8) is 0 Å². The van der Waals surface area contributed by atoms with Crippen molar-refractivity contribution in [1.82, 2.24) is 10.1 Å². The molecule has 1 N–H and O–H groups in total. The zero-order valence-electron chi connectivity index (χ0n) is 8.47. The van der Waals surface area contributed by atoms with Gasteiger partial charge in [-0.2, -0.15) is 4.98 Å². The second kappa shape index (κ2) is 4.84. The summed E-state index contributed by atoms with van der Waals surface area (Å²) in [7, 11) is 0. The first-order valence-electron chi connectivity index (χ1n) is 5.07. The van der Waals surface area contributed by atoms with E-state index >= 15 is 0 Å². The summed E-state index contributed by atoms with van der Waals surface area (Å²) in [5.41, 5.74) is 0. The Labute approximate surface area is 90.4 Å². The normalized spacial score (nSPS) is 22.9. The molecular formula is C9H12F2N2O3. The molecule has 1 aromatic heterocycles. The second-order valence-electron chi connectivity index (χ2n) is 3.65. The number of rotatable bonds is 4. The van der Waals surface area contributed by atoms with Crippen molar-refractivity contribution >= 4 is 0 Å². The van der Waals surface area contributed by atoms with Gasteiger partial charge in [0.25, 0.3) is 6.43 Å². The van der Waals surface area contributed by atoms with Gasteiger partial charge in [0.1, 0.15) is 12.2 Å². The van der Waals surface area contributed by atoms with E-state index < -0.39 is 12.5 Å². The Bertz CT molecular complexity index is 339. The highest BCUT2D eigenvalue weighted by Gasteiger charge is 2.25. The summed E-state index contributed by atoms with van der Waals surface area (Å²) in [6.45, 7) is 0.647. The van der Waals surface area contributed by atoms with Crippen molar-refractivity contribution in [1.29, 1.82) is 0 Å². The average molecular weight is 234 g/mol. The van der Waals surface area contributed by atoms with Crippen LogP contribution in [0.2, 0.25) is 0 Å². The van der Waals surface area contributed by atoms with Gasteiger partial charge in [-0.25, -0.2) is 8.78 Å². The average Bonchev–Trinajstić information content (AvgIpc) is 2.85. The van der Waals surface area contributed by atoms with Crippen molar-refractivity contribution in [2.75, 3.05) is 6.61 Å². The Balaban J connectivity index is 1.96. The maximum Gasteiger partial charge on any atom is 0.264 e. The molecule has 5 nitrogen and oxygen atoms in total. The Hall–Kier alpha value is -1.08. The van der Waals surface area contributed by atoms with Crippen LogP contribution in [0.25, 0.3) is 0 Å². The van der Waals surface area contributed by atoms with E-state index in [1.54, 1.807) is 0 Å². The Morgan fingerprint density at radius 3 is 2.94 bits per heavy atom. The summed E-state index contributed by atoms with van der Waals surface area (Å²) in [6.07, 6.45) is -3.39. The molecule has 0 bridgehead atoms. The summed E-state index contributed by atoms with van der Waals surface area (Å²) in [5, 5.41) is 12.6. The fraction of sp³-hybridized carbons (Fsp3) is 0.778. The number of aliphatic hydroxyl groups is 1. The lowest BCUT2D eigenvalue weighted by Crippen LogP contribution is -2.20. The van der Waals surface area contributed by atoms with Gasteiger partial charge in [0, 0.05) is 6.61 Å². The van der Waals surface area contributed by atoms with Crippen LogP contribution >= 0.6 is 0 Å². The summed E-state index contributed by atoms with van der Waals surface area (Å²) in [4.78, 5) is 3.92. The number of halogens is 2. The van der Waals surface area contributed by atoms with E-state index in [9.17, 15) is 8.78 Å². The van der Waals surface area contributed by atoms with Crippen molar-refractivity contribution in [3.05, 3.63) is 11.7 Å². The highest BCUT2D eigenvalue weighted by molar-refractivity contribution is 4.94. The summed E-state index contributed by atoms with van der Waals surface area (Å²) < 4.78 is 34.2. The molecule has 0 aliphatic carbocycles. The van der Waals surface area contributed by atoms with E-state index in [4.69, 9.17) is 14.4 Å². The van der Waals surface area contributed by atoms with Gasteiger partial charge in [-0.05, 0) is 12.8 Å². The van der Waals surface area contributed by atoms with Gasteiger partial charge in [0.15, 0.2) is 0 Å². The van der Waals surface area contributed by atoms with Crippen LogP contribution in [0.4, 0.5) is 8.78 Å². The van der Waals surface area contributed by atoms with Crippen molar-refractivity contribution in [3.8, 4) is 0 Å². The second-order valence-corrected chi connectivity index (χ2v) is 3.65. The Kier molecular flexibility index (Phi) is 3.45. The van der Waals surface area contributed by atoms with Crippen LogP contribution in [0.1, 0.15) is 30.7 Å². The third kappa shape index (κ3) is 2.53. The molecule has 1 saturated heterocycles. The molecule has 90 valence electrons. The number of hydrogen-bond acceptors (Lipinski definition) is 5. The minimum Gasteiger partial charge on any atom is -0.387 e. The molecule has 1 fully saturated rings. The van der Waals surface area contributed by atoms with Crippen LogP contribution in [0, 0.1) is 0 Å².